The smallest absolute Gasteiger partial charge is 0.243 e. The summed E-state index contributed by atoms with van der Waals surface area (Å²) < 4.78 is 36.0. The molecule has 1 fully saturated rings. The third kappa shape index (κ3) is 5.24. The Morgan fingerprint density at radius 2 is 1.59 bits per heavy atom. The molecule has 1 aliphatic heterocycles. The summed E-state index contributed by atoms with van der Waals surface area (Å²) in [5.41, 5.74) is 4.21. The Bertz CT molecular complexity index is 1170. The van der Waals surface area contributed by atoms with Crippen molar-refractivity contribution in [3.63, 3.8) is 0 Å². The predicted molar refractivity (Wildman–Crippen MR) is 136 cm³/mol. The van der Waals surface area contributed by atoms with E-state index in [4.69, 9.17) is 4.74 Å². The predicted octanol–water partition coefficient (Wildman–Crippen LogP) is 4.06. The molecule has 0 spiro atoms. The van der Waals surface area contributed by atoms with Gasteiger partial charge >= 0.3 is 0 Å². The van der Waals surface area contributed by atoms with Crippen LogP contribution < -0.4 is 4.74 Å². The molecule has 7 nitrogen and oxygen atoms in total. The molecule has 3 rings (SSSR count). The molecule has 0 N–H and O–H groups in total. The van der Waals surface area contributed by atoms with Crippen molar-refractivity contribution in [1.82, 2.24) is 13.8 Å². The van der Waals surface area contributed by atoms with Crippen molar-refractivity contribution in [2.45, 2.75) is 65.8 Å². The minimum Gasteiger partial charge on any atom is -0.494 e. The number of ketones is 1. The molecule has 2 aromatic rings. The van der Waals surface area contributed by atoms with Crippen LogP contribution in [0.15, 0.2) is 23.1 Å². The zero-order valence-corrected chi connectivity index (χ0v) is 22.7. The van der Waals surface area contributed by atoms with E-state index in [0.717, 1.165) is 22.5 Å². The molecule has 1 saturated heterocycles. The second-order valence-corrected chi connectivity index (χ2v) is 12.1. The number of Topliss-reactive ketones (excluding diaryl/α,β-unsaturated/α-hetero) is 1. The summed E-state index contributed by atoms with van der Waals surface area (Å²) in [5, 5.41) is 0. The van der Waals surface area contributed by atoms with Crippen LogP contribution in [0.2, 0.25) is 0 Å². The number of rotatable bonds is 7. The van der Waals surface area contributed by atoms with E-state index in [1.165, 1.54) is 4.31 Å². The van der Waals surface area contributed by atoms with Crippen molar-refractivity contribution in [1.29, 1.82) is 0 Å². The van der Waals surface area contributed by atoms with E-state index in [9.17, 15) is 13.2 Å². The summed E-state index contributed by atoms with van der Waals surface area (Å²) in [6.07, 6.45) is 0. The minimum absolute atomic E-state index is 0.0814. The number of nitrogens with zero attached hydrogens (tertiary/aromatic N) is 3. The number of ether oxygens (including phenoxy) is 1. The largest absolute Gasteiger partial charge is 0.494 e. The van der Waals surface area contributed by atoms with Gasteiger partial charge in [-0.2, -0.15) is 4.31 Å². The summed E-state index contributed by atoms with van der Waals surface area (Å²) in [6.45, 7) is 18.6. The van der Waals surface area contributed by atoms with Crippen LogP contribution in [0.25, 0.3) is 0 Å². The van der Waals surface area contributed by atoms with Crippen molar-refractivity contribution in [2.24, 2.45) is 0 Å². The first-order chi connectivity index (χ1) is 15.8. The van der Waals surface area contributed by atoms with Crippen molar-refractivity contribution in [3.05, 3.63) is 46.3 Å². The van der Waals surface area contributed by atoms with Crippen molar-refractivity contribution in [3.8, 4) is 5.75 Å². The number of carbonyl (C=O) groups is 1. The highest BCUT2D eigenvalue weighted by Crippen LogP contribution is 2.29. The second kappa shape index (κ2) is 9.84. The number of benzene rings is 1. The topological polar surface area (TPSA) is 71.9 Å². The quantitative estimate of drug-likeness (QED) is 0.549. The van der Waals surface area contributed by atoms with E-state index in [2.05, 4.69) is 25.3 Å². The molecule has 0 bridgehead atoms. The average Bonchev–Trinajstić information content (AvgIpc) is 3.05. The summed E-state index contributed by atoms with van der Waals surface area (Å²) in [5.74, 6) is 0.797. The lowest BCUT2D eigenvalue weighted by Gasteiger charge is -2.34. The zero-order valence-electron chi connectivity index (χ0n) is 21.9. The van der Waals surface area contributed by atoms with E-state index < -0.39 is 10.0 Å². The van der Waals surface area contributed by atoms with Gasteiger partial charge in [-0.3, -0.25) is 9.69 Å². The van der Waals surface area contributed by atoms with E-state index in [1.54, 1.807) is 19.1 Å². The van der Waals surface area contributed by atoms with E-state index in [1.807, 2.05) is 38.7 Å². The molecule has 0 aliphatic carbocycles. The van der Waals surface area contributed by atoms with Gasteiger partial charge in [0.05, 0.1) is 18.0 Å². The van der Waals surface area contributed by atoms with E-state index in [-0.39, 0.29) is 11.3 Å². The lowest BCUT2D eigenvalue weighted by Crippen LogP contribution is -2.49. The van der Waals surface area contributed by atoms with Gasteiger partial charge in [-0.25, -0.2) is 8.42 Å². The molecule has 0 atom stereocenters. The molecule has 1 aromatic heterocycles. The standard InChI is InChI=1S/C26H39N3O4S/c1-9-33-24-14-19(3)25(15-18(24)2)34(31,32)28-12-10-27(11-13-28)17-23(30)22-16-20(4)29(21(22)5)26(6,7)8/h14-16H,9-13,17H2,1-8H3. The molecular formula is C26H39N3O4S. The first kappa shape index (κ1) is 26.4. The normalized spacial score (nSPS) is 16.1. The Kier molecular flexibility index (Phi) is 7.65. The number of hydrogen-bond acceptors (Lipinski definition) is 5. The van der Waals surface area contributed by atoms with Crippen LogP contribution in [-0.2, 0) is 15.6 Å². The molecule has 0 saturated carbocycles. The molecule has 1 aliphatic rings. The zero-order chi connectivity index (χ0) is 25.4. The minimum atomic E-state index is -3.61. The molecule has 0 unspecified atom stereocenters. The SMILES string of the molecule is CCOc1cc(C)c(S(=O)(=O)N2CCN(CC(=O)c3cc(C)n(C(C)(C)C)c3C)CC2)cc1C. The molecule has 188 valence electrons. The molecule has 34 heavy (non-hydrogen) atoms. The van der Waals surface area contributed by atoms with Gasteiger partial charge in [0.25, 0.3) is 0 Å². The van der Waals surface area contributed by atoms with Crippen LogP contribution >= 0.6 is 0 Å². The fourth-order valence-corrected chi connectivity index (χ4v) is 6.70. The monoisotopic (exact) mass is 489 g/mol. The van der Waals surface area contributed by atoms with Crippen LogP contribution in [-0.4, -0.2) is 67.3 Å². The van der Waals surface area contributed by atoms with Crippen LogP contribution in [0.4, 0.5) is 0 Å². The Labute approximate surface area is 204 Å². The Morgan fingerprint density at radius 3 is 2.12 bits per heavy atom. The number of carbonyl (C=O) groups excluding carboxylic acids is 1. The van der Waals surface area contributed by atoms with Gasteiger partial charge in [-0.1, -0.05) is 0 Å². The molecule has 2 heterocycles. The lowest BCUT2D eigenvalue weighted by molar-refractivity contribution is 0.0901. The van der Waals surface area contributed by atoms with Gasteiger partial charge in [-0.15, -0.1) is 0 Å². The first-order valence-corrected chi connectivity index (χ1v) is 13.4. The van der Waals surface area contributed by atoms with Crippen molar-refractivity contribution >= 4 is 15.8 Å². The fraction of sp³-hybridized carbons (Fsp3) is 0.577. The Morgan fingerprint density at radius 1 is 0.971 bits per heavy atom. The van der Waals surface area contributed by atoms with Gasteiger partial charge in [0.1, 0.15) is 5.75 Å². The van der Waals surface area contributed by atoms with E-state index >= 15 is 0 Å². The van der Waals surface area contributed by atoms with Crippen LogP contribution in [0.5, 0.6) is 5.75 Å². The average molecular weight is 490 g/mol. The number of aromatic nitrogens is 1. The maximum absolute atomic E-state index is 13.4. The highest BCUT2D eigenvalue weighted by molar-refractivity contribution is 7.89. The lowest BCUT2D eigenvalue weighted by atomic mass is 10.1. The maximum atomic E-state index is 13.4. The number of aryl methyl sites for hydroxylation is 3. The van der Waals surface area contributed by atoms with Gasteiger partial charge in [0, 0.05) is 48.7 Å². The molecule has 8 heteroatoms. The Hall–Kier alpha value is -2.16. The van der Waals surface area contributed by atoms with Crippen LogP contribution in [0.3, 0.4) is 0 Å². The van der Waals surface area contributed by atoms with Crippen LogP contribution in [0.1, 0.15) is 60.6 Å². The summed E-state index contributed by atoms with van der Waals surface area (Å²) in [4.78, 5) is 15.5. The molecule has 1 aromatic carbocycles. The number of sulfonamides is 1. The van der Waals surface area contributed by atoms with Crippen molar-refractivity contribution in [2.75, 3.05) is 39.3 Å². The highest BCUT2D eigenvalue weighted by Gasteiger charge is 2.31. The third-order valence-corrected chi connectivity index (χ3v) is 8.53. The highest BCUT2D eigenvalue weighted by atomic mass is 32.2. The summed E-state index contributed by atoms with van der Waals surface area (Å²) >= 11 is 0. The second-order valence-electron chi connectivity index (χ2n) is 10.2. The van der Waals surface area contributed by atoms with Gasteiger partial charge in [-0.05, 0) is 84.7 Å². The molecular weight excluding hydrogens is 450 g/mol. The van der Waals surface area contributed by atoms with Gasteiger partial charge in [0.2, 0.25) is 10.0 Å². The number of hydrogen-bond donors (Lipinski definition) is 0. The third-order valence-electron chi connectivity index (χ3n) is 6.49. The fourth-order valence-electron chi connectivity index (χ4n) is 4.98. The molecule has 0 radical (unpaired) electrons. The van der Waals surface area contributed by atoms with Gasteiger partial charge < -0.3 is 9.30 Å². The number of piperazine rings is 1. The van der Waals surface area contributed by atoms with Gasteiger partial charge in [0.15, 0.2) is 5.78 Å². The summed E-state index contributed by atoms with van der Waals surface area (Å²) in [6, 6.07) is 5.48. The Balaban J connectivity index is 1.69. The first-order valence-electron chi connectivity index (χ1n) is 12.0. The van der Waals surface area contributed by atoms with Crippen molar-refractivity contribution < 1.29 is 17.9 Å². The molecule has 0 amide bonds. The summed E-state index contributed by atoms with van der Waals surface area (Å²) in [7, 11) is -3.61. The van der Waals surface area contributed by atoms with E-state index in [0.29, 0.717) is 55.5 Å². The maximum Gasteiger partial charge on any atom is 0.243 e. The van der Waals surface area contributed by atoms with Crippen LogP contribution in [0, 0.1) is 27.7 Å².